The number of hydrogen-bond acceptors (Lipinski definition) is 4. The Labute approximate surface area is 102 Å². The van der Waals surface area contributed by atoms with Crippen LogP contribution in [-0.2, 0) is 4.75 Å². The Bertz CT molecular complexity index is 553. The van der Waals surface area contributed by atoms with Crippen molar-refractivity contribution in [3.05, 3.63) is 69.6 Å². The number of benzene rings is 1. The number of nitrogens with zero attached hydrogens (tertiary/aromatic N) is 1. The van der Waals surface area contributed by atoms with E-state index in [-0.39, 0.29) is 15.7 Å². The highest BCUT2D eigenvalue weighted by molar-refractivity contribution is 8.08. The first kappa shape index (κ1) is 10.4. The molecule has 1 aliphatic carbocycles. The molecule has 2 N–H and O–H groups in total. The molecule has 86 valence electrons. The molecule has 0 aromatic heterocycles. The maximum atomic E-state index is 10.8. The highest BCUT2D eigenvalue weighted by atomic mass is 32.2. The Morgan fingerprint density at radius 3 is 2.71 bits per heavy atom. The summed E-state index contributed by atoms with van der Waals surface area (Å²) in [4.78, 5) is 10.4. The van der Waals surface area contributed by atoms with Gasteiger partial charge in [-0.2, -0.15) is 0 Å². The molecule has 5 heteroatoms. The lowest BCUT2D eigenvalue weighted by molar-refractivity contribution is -0.420. The smallest absolute Gasteiger partial charge is 0.288 e. The Morgan fingerprint density at radius 2 is 2.06 bits per heavy atom. The van der Waals surface area contributed by atoms with Crippen molar-refractivity contribution in [2.45, 2.75) is 10.00 Å². The normalized spacial score (nSPS) is 30.0. The average Bonchev–Trinajstić information content (AvgIpc) is 3.07. The van der Waals surface area contributed by atoms with Crippen LogP contribution in [0.2, 0.25) is 0 Å². The van der Waals surface area contributed by atoms with Crippen LogP contribution in [0.4, 0.5) is 0 Å². The average molecular weight is 246 g/mol. The van der Waals surface area contributed by atoms with Gasteiger partial charge in [0.1, 0.15) is 5.70 Å². The fourth-order valence-electron chi connectivity index (χ4n) is 2.20. The first-order valence-corrected chi connectivity index (χ1v) is 6.10. The number of allylic oxidation sites excluding steroid dienone is 1. The highest BCUT2D eigenvalue weighted by Crippen LogP contribution is 2.66. The molecular weight excluding hydrogens is 236 g/mol. The molecule has 0 spiro atoms. The lowest BCUT2D eigenvalue weighted by atomic mass is 9.90. The first-order valence-electron chi connectivity index (χ1n) is 5.22. The van der Waals surface area contributed by atoms with Gasteiger partial charge in [-0.1, -0.05) is 36.4 Å². The van der Waals surface area contributed by atoms with E-state index in [9.17, 15) is 10.1 Å². The topological polar surface area (TPSA) is 69.2 Å². The third-order valence-corrected chi connectivity index (χ3v) is 4.74. The zero-order valence-corrected chi connectivity index (χ0v) is 9.68. The monoisotopic (exact) mass is 246 g/mol. The van der Waals surface area contributed by atoms with Crippen LogP contribution in [0.1, 0.15) is 5.56 Å². The van der Waals surface area contributed by atoms with Gasteiger partial charge >= 0.3 is 0 Å². The molecule has 0 amide bonds. The van der Waals surface area contributed by atoms with E-state index in [0.717, 1.165) is 5.56 Å². The van der Waals surface area contributed by atoms with Gasteiger partial charge in [0.2, 0.25) is 0 Å². The van der Waals surface area contributed by atoms with Gasteiger partial charge in [0.25, 0.3) is 5.70 Å². The van der Waals surface area contributed by atoms with Gasteiger partial charge in [0.05, 0.1) is 14.9 Å². The second-order valence-electron chi connectivity index (χ2n) is 4.09. The van der Waals surface area contributed by atoms with E-state index in [1.54, 1.807) is 11.8 Å². The first-order chi connectivity index (χ1) is 8.15. The molecule has 4 nitrogen and oxygen atoms in total. The van der Waals surface area contributed by atoms with E-state index in [0.29, 0.717) is 5.70 Å². The molecule has 0 bridgehead atoms. The molecule has 2 unspecified atom stereocenters. The molecule has 1 fully saturated rings. The number of hydrogen-bond donors (Lipinski definition) is 1. The molecule has 1 saturated heterocycles. The van der Waals surface area contributed by atoms with E-state index >= 15 is 0 Å². The lowest BCUT2D eigenvalue weighted by Gasteiger charge is -2.14. The number of nitrogens with two attached hydrogens (primary N) is 1. The fraction of sp³-hybridized carbons (Fsp3) is 0.167. The van der Waals surface area contributed by atoms with E-state index in [4.69, 9.17) is 5.73 Å². The van der Waals surface area contributed by atoms with Crippen LogP contribution in [0, 0.1) is 10.1 Å². The van der Waals surface area contributed by atoms with Gasteiger partial charge in [-0.3, -0.25) is 10.1 Å². The minimum atomic E-state index is -0.417. The van der Waals surface area contributed by atoms with Crippen molar-refractivity contribution >= 4 is 11.8 Å². The van der Waals surface area contributed by atoms with Crippen LogP contribution in [0.15, 0.2) is 53.9 Å². The van der Waals surface area contributed by atoms with E-state index in [1.807, 2.05) is 36.4 Å². The van der Waals surface area contributed by atoms with E-state index in [2.05, 4.69) is 0 Å². The summed E-state index contributed by atoms with van der Waals surface area (Å²) >= 11 is 1.65. The summed E-state index contributed by atoms with van der Waals surface area (Å²) in [5, 5.41) is 10.8. The predicted molar refractivity (Wildman–Crippen MR) is 66.8 cm³/mol. The Kier molecular flexibility index (Phi) is 2.06. The molecule has 2 atom stereocenters. The Hall–Kier alpha value is -1.75. The zero-order valence-electron chi connectivity index (χ0n) is 8.87. The van der Waals surface area contributed by atoms with E-state index < -0.39 is 4.92 Å². The maximum Gasteiger partial charge on any atom is 0.288 e. The van der Waals surface area contributed by atoms with Crippen molar-refractivity contribution < 1.29 is 4.92 Å². The molecule has 17 heavy (non-hydrogen) atoms. The molecule has 2 aliphatic rings. The third-order valence-electron chi connectivity index (χ3n) is 3.13. The molecule has 1 aromatic rings. The largest absolute Gasteiger partial charge is 0.396 e. The molecule has 1 aliphatic heterocycles. The summed E-state index contributed by atoms with van der Waals surface area (Å²) in [7, 11) is 0. The second-order valence-corrected chi connectivity index (χ2v) is 5.47. The Morgan fingerprint density at radius 1 is 1.35 bits per heavy atom. The van der Waals surface area contributed by atoms with Crippen LogP contribution < -0.4 is 5.73 Å². The minimum Gasteiger partial charge on any atom is -0.396 e. The molecule has 3 rings (SSSR count). The van der Waals surface area contributed by atoms with Crippen molar-refractivity contribution in [3.63, 3.8) is 0 Å². The van der Waals surface area contributed by atoms with Crippen molar-refractivity contribution in [2.75, 3.05) is 0 Å². The van der Waals surface area contributed by atoms with Gasteiger partial charge in [-0.15, -0.1) is 11.8 Å². The quantitative estimate of drug-likeness (QED) is 0.492. The van der Waals surface area contributed by atoms with Crippen molar-refractivity contribution in [3.8, 4) is 0 Å². The van der Waals surface area contributed by atoms with Gasteiger partial charge in [-0.05, 0) is 5.56 Å². The summed E-state index contributed by atoms with van der Waals surface area (Å²) in [6.07, 6.45) is 3.42. The molecule has 0 radical (unpaired) electrons. The molecular formula is C12H10N2O2S. The van der Waals surface area contributed by atoms with Gasteiger partial charge in [0, 0.05) is 6.08 Å². The van der Waals surface area contributed by atoms with Gasteiger partial charge in [-0.25, -0.2) is 0 Å². The predicted octanol–water partition coefficient (Wildman–Crippen LogP) is 2.01. The van der Waals surface area contributed by atoms with Crippen molar-refractivity contribution in [1.29, 1.82) is 0 Å². The number of thioether (sulfide) groups is 1. The van der Waals surface area contributed by atoms with Crippen LogP contribution in [-0.4, -0.2) is 10.2 Å². The van der Waals surface area contributed by atoms with E-state index in [1.165, 1.54) is 6.08 Å². The number of rotatable bonds is 2. The minimum absolute atomic E-state index is 0.00954. The van der Waals surface area contributed by atoms with Crippen molar-refractivity contribution in [1.82, 2.24) is 0 Å². The number of nitro groups is 1. The molecule has 0 saturated carbocycles. The van der Waals surface area contributed by atoms with Crippen LogP contribution >= 0.6 is 11.8 Å². The molecule has 1 aromatic carbocycles. The summed E-state index contributed by atoms with van der Waals surface area (Å²) in [6.45, 7) is 0. The SMILES string of the molecule is NC1=C([N+](=O)[O-])C=CC2(c3ccccc3)SC12. The van der Waals surface area contributed by atoms with Crippen LogP contribution in [0.5, 0.6) is 0 Å². The summed E-state index contributed by atoms with van der Waals surface area (Å²) in [6, 6.07) is 9.95. The summed E-state index contributed by atoms with van der Waals surface area (Å²) < 4.78 is -0.176. The zero-order chi connectivity index (χ0) is 12.0. The maximum absolute atomic E-state index is 10.8. The van der Waals surface area contributed by atoms with Crippen molar-refractivity contribution in [2.24, 2.45) is 5.73 Å². The highest BCUT2D eigenvalue weighted by Gasteiger charge is 2.59. The molecule has 1 heterocycles. The standard InChI is InChI=1S/C12H10N2O2S/c13-10-9(14(15)16)6-7-12(11(10)17-12)8-4-2-1-3-5-8/h1-7,11H,13H2. The fourth-order valence-corrected chi connectivity index (χ4v) is 3.53. The lowest BCUT2D eigenvalue weighted by Crippen LogP contribution is -2.22. The summed E-state index contributed by atoms with van der Waals surface area (Å²) in [5.74, 6) is 0. The van der Waals surface area contributed by atoms with Gasteiger partial charge in [0.15, 0.2) is 0 Å². The van der Waals surface area contributed by atoms with Crippen LogP contribution in [0.3, 0.4) is 0 Å². The Balaban J connectivity index is 2.00. The summed E-state index contributed by atoms with van der Waals surface area (Å²) in [5.41, 5.74) is 7.42. The number of fused-ring (bicyclic) bond motifs is 1. The van der Waals surface area contributed by atoms with Crippen LogP contribution in [0.25, 0.3) is 0 Å². The third kappa shape index (κ3) is 1.39. The van der Waals surface area contributed by atoms with Gasteiger partial charge < -0.3 is 5.73 Å². The second kappa shape index (κ2) is 3.37.